The second kappa shape index (κ2) is 6.10. The van der Waals surface area contributed by atoms with Gasteiger partial charge in [0.05, 0.1) is 17.2 Å². The molecule has 2 atom stereocenters. The Labute approximate surface area is 167 Å². The van der Waals surface area contributed by atoms with Crippen molar-refractivity contribution >= 4 is 18.5 Å². The van der Waals surface area contributed by atoms with E-state index in [-0.39, 0.29) is 30.3 Å². The maximum Gasteiger partial charge on any atom is 0.494 e. The molecule has 0 N–H and O–H groups in total. The molecule has 0 bridgehead atoms. The topological polar surface area (TPSA) is 21.7 Å². The molecule has 142 valence electrons. The summed E-state index contributed by atoms with van der Waals surface area (Å²) in [6.07, 6.45) is 6.83. The number of nitrogens with zero attached hydrogens (tertiary/aromatic N) is 1. The summed E-state index contributed by atoms with van der Waals surface area (Å²) >= 11 is 0. The Kier molecular flexibility index (Phi) is 3.87. The lowest BCUT2D eigenvalue weighted by Gasteiger charge is -2.32. The molecule has 3 nitrogen and oxygen atoms in total. The number of allylic oxidation sites excluding steroid dienone is 2. The van der Waals surface area contributed by atoms with Crippen LogP contribution >= 0.6 is 0 Å². The molecular weight excluding hydrogens is 345 g/mol. The smallest absolute Gasteiger partial charge is 0.399 e. The zero-order valence-corrected chi connectivity index (χ0v) is 16.9. The van der Waals surface area contributed by atoms with Crippen molar-refractivity contribution in [3.05, 3.63) is 83.9 Å². The van der Waals surface area contributed by atoms with Crippen molar-refractivity contribution in [1.82, 2.24) is 0 Å². The van der Waals surface area contributed by atoms with Crippen LogP contribution in [0.1, 0.15) is 39.2 Å². The van der Waals surface area contributed by atoms with E-state index in [1.165, 1.54) is 16.9 Å². The van der Waals surface area contributed by atoms with E-state index in [0.717, 1.165) is 5.47 Å². The van der Waals surface area contributed by atoms with Crippen molar-refractivity contribution in [3.63, 3.8) is 0 Å². The van der Waals surface area contributed by atoms with Crippen LogP contribution in [0.25, 0.3) is 0 Å². The third kappa shape index (κ3) is 2.59. The second-order valence-electron chi connectivity index (χ2n) is 8.89. The van der Waals surface area contributed by atoms with E-state index >= 15 is 0 Å². The lowest BCUT2D eigenvalue weighted by atomic mass is 9.72. The van der Waals surface area contributed by atoms with Gasteiger partial charge in [0.1, 0.15) is 0 Å². The molecule has 0 radical (unpaired) electrons. The fourth-order valence-corrected chi connectivity index (χ4v) is 4.40. The van der Waals surface area contributed by atoms with Crippen LogP contribution in [0.2, 0.25) is 0 Å². The highest BCUT2D eigenvalue weighted by Gasteiger charge is 2.53. The van der Waals surface area contributed by atoms with Gasteiger partial charge in [-0.05, 0) is 56.9 Å². The van der Waals surface area contributed by atoms with Crippen LogP contribution in [0, 0.1) is 0 Å². The molecule has 0 aromatic heterocycles. The van der Waals surface area contributed by atoms with Crippen LogP contribution in [0.4, 0.5) is 11.4 Å². The van der Waals surface area contributed by atoms with Crippen LogP contribution in [0.3, 0.4) is 0 Å². The van der Waals surface area contributed by atoms with Gasteiger partial charge in [0.25, 0.3) is 0 Å². The molecule has 28 heavy (non-hydrogen) atoms. The Balaban J connectivity index is 1.53. The number of hydrogen-bond acceptors (Lipinski definition) is 3. The van der Waals surface area contributed by atoms with Gasteiger partial charge in [-0.1, -0.05) is 54.6 Å². The molecular formula is C24H26BNO2. The van der Waals surface area contributed by atoms with Crippen LogP contribution in [0.15, 0.2) is 78.3 Å². The third-order valence-electron chi connectivity index (χ3n) is 6.64. The number of anilines is 2. The highest BCUT2D eigenvalue weighted by Crippen LogP contribution is 2.49. The SMILES string of the molecule is CC1(C)OB(C2=CC3c4ccccc4N(c4ccccc4)C3C=C2)OC1(C)C. The Hall–Kier alpha value is -2.30. The van der Waals surface area contributed by atoms with Gasteiger partial charge < -0.3 is 14.2 Å². The normalized spacial score (nSPS) is 26.8. The number of fused-ring (bicyclic) bond motifs is 3. The van der Waals surface area contributed by atoms with E-state index in [4.69, 9.17) is 9.31 Å². The summed E-state index contributed by atoms with van der Waals surface area (Å²) in [5, 5.41) is 0. The maximum atomic E-state index is 6.30. The predicted octanol–water partition coefficient (Wildman–Crippen LogP) is 5.42. The molecule has 2 aromatic carbocycles. The molecule has 4 heteroatoms. The summed E-state index contributed by atoms with van der Waals surface area (Å²) < 4.78 is 12.6. The molecule has 0 spiro atoms. The first-order valence-electron chi connectivity index (χ1n) is 10.1. The van der Waals surface area contributed by atoms with Crippen molar-refractivity contribution in [2.45, 2.75) is 50.9 Å². The minimum Gasteiger partial charge on any atom is -0.399 e. The lowest BCUT2D eigenvalue weighted by Crippen LogP contribution is -2.41. The molecule has 1 saturated heterocycles. The fourth-order valence-electron chi connectivity index (χ4n) is 4.40. The van der Waals surface area contributed by atoms with Crippen LogP contribution in [-0.2, 0) is 9.31 Å². The summed E-state index contributed by atoms with van der Waals surface area (Å²) in [4.78, 5) is 2.44. The summed E-state index contributed by atoms with van der Waals surface area (Å²) in [6.45, 7) is 8.41. The minimum absolute atomic E-state index is 0.269. The van der Waals surface area contributed by atoms with Gasteiger partial charge in [-0.15, -0.1) is 0 Å². The molecule has 2 unspecified atom stereocenters. The summed E-state index contributed by atoms with van der Waals surface area (Å²) in [6, 6.07) is 19.6. The van der Waals surface area contributed by atoms with Crippen LogP contribution in [-0.4, -0.2) is 24.4 Å². The zero-order chi connectivity index (χ0) is 19.5. The number of rotatable bonds is 2. The second-order valence-corrected chi connectivity index (χ2v) is 8.89. The highest BCUT2D eigenvalue weighted by molar-refractivity contribution is 6.55. The molecule has 0 saturated carbocycles. The van der Waals surface area contributed by atoms with E-state index < -0.39 is 0 Å². The van der Waals surface area contributed by atoms with Crippen molar-refractivity contribution in [2.75, 3.05) is 4.90 Å². The van der Waals surface area contributed by atoms with Crippen molar-refractivity contribution < 1.29 is 9.31 Å². The van der Waals surface area contributed by atoms with Crippen molar-refractivity contribution in [3.8, 4) is 0 Å². The fraction of sp³-hybridized carbons (Fsp3) is 0.333. The Morgan fingerprint density at radius 2 is 1.50 bits per heavy atom. The summed E-state index contributed by atoms with van der Waals surface area (Å²) in [5.74, 6) is 0.287. The number of para-hydroxylation sites is 2. The van der Waals surface area contributed by atoms with Gasteiger partial charge >= 0.3 is 7.12 Å². The van der Waals surface area contributed by atoms with Gasteiger partial charge in [-0.25, -0.2) is 0 Å². The van der Waals surface area contributed by atoms with Crippen molar-refractivity contribution in [2.24, 2.45) is 0 Å². The van der Waals surface area contributed by atoms with E-state index in [2.05, 4.69) is 105 Å². The Morgan fingerprint density at radius 1 is 0.857 bits per heavy atom. The molecule has 1 fully saturated rings. The average Bonchev–Trinajstić information content (AvgIpc) is 3.12. The first-order valence-corrected chi connectivity index (χ1v) is 10.1. The largest absolute Gasteiger partial charge is 0.494 e. The van der Waals surface area contributed by atoms with Gasteiger partial charge in [-0.2, -0.15) is 0 Å². The summed E-state index contributed by atoms with van der Waals surface area (Å²) in [7, 11) is -0.319. The monoisotopic (exact) mass is 371 g/mol. The van der Waals surface area contributed by atoms with E-state index in [1.54, 1.807) is 0 Å². The predicted molar refractivity (Wildman–Crippen MR) is 115 cm³/mol. The van der Waals surface area contributed by atoms with Gasteiger partial charge in [-0.3, -0.25) is 0 Å². The minimum atomic E-state index is -0.327. The van der Waals surface area contributed by atoms with E-state index in [9.17, 15) is 0 Å². The van der Waals surface area contributed by atoms with Crippen LogP contribution < -0.4 is 4.90 Å². The van der Waals surface area contributed by atoms with Gasteiger partial charge in [0, 0.05) is 17.3 Å². The number of benzene rings is 2. The molecule has 2 aromatic rings. The molecule has 5 rings (SSSR count). The first kappa shape index (κ1) is 17.8. The highest BCUT2D eigenvalue weighted by atomic mass is 16.7. The maximum absolute atomic E-state index is 6.30. The molecule has 3 aliphatic rings. The molecule has 1 aliphatic carbocycles. The Morgan fingerprint density at radius 3 is 2.21 bits per heavy atom. The number of hydrogen-bond donors (Lipinski definition) is 0. The average molecular weight is 371 g/mol. The van der Waals surface area contributed by atoms with Gasteiger partial charge in [0.15, 0.2) is 0 Å². The molecule has 2 heterocycles. The standard InChI is InChI=1S/C24H26BNO2/c1-23(2)24(3,4)28-25(27-23)17-14-15-22-20(16-17)19-12-8-9-13-21(19)26(22)18-10-6-5-7-11-18/h5-16,20,22H,1-4H3. The van der Waals surface area contributed by atoms with E-state index in [0.29, 0.717) is 0 Å². The molecule has 2 aliphatic heterocycles. The lowest BCUT2D eigenvalue weighted by molar-refractivity contribution is 0.00578. The van der Waals surface area contributed by atoms with E-state index in [1.807, 2.05) is 0 Å². The van der Waals surface area contributed by atoms with Gasteiger partial charge in [0.2, 0.25) is 0 Å². The summed E-state index contributed by atoms with van der Waals surface area (Å²) in [5.41, 5.74) is 4.32. The first-order chi connectivity index (χ1) is 13.4. The molecule has 0 amide bonds. The van der Waals surface area contributed by atoms with Crippen molar-refractivity contribution in [1.29, 1.82) is 0 Å². The van der Waals surface area contributed by atoms with Crippen LogP contribution in [0.5, 0.6) is 0 Å². The quantitative estimate of drug-likeness (QED) is 0.658. The third-order valence-corrected chi connectivity index (χ3v) is 6.64. The zero-order valence-electron chi connectivity index (χ0n) is 16.9. The Bertz CT molecular complexity index is 948.